The number of urea groups is 1. The second-order valence-electron chi connectivity index (χ2n) is 8.49. The first-order valence-corrected chi connectivity index (χ1v) is 11.3. The number of amides is 3. The van der Waals surface area contributed by atoms with Crippen LogP contribution >= 0.6 is 0 Å². The molecule has 0 saturated heterocycles. The number of carbonyl (C=O) groups excluding carboxylic acids is 2. The van der Waals surface area contributed by atoms with Gasteiger partial charge in [-0.05, 0) is 43.7 Å². The highest BCUT2D eigenvalue weighted by atomic mass is 16.4. The summed E-state index contributed by atoms with van der Waals surface area (Å²) in [6, 6.07) is 7.35. The standard InChI is InChI=1S/C23H30N6O3/c1-4-13(3)19(21-28-29-23(32-21)27-22(31)24-5-2)26-20(30)14-10-11-18-16(12-14)15-8-6-7-9-17(15)25-18/h6-9,13-14,16,19H,4-5,10-12H2,1-3H3,(H,26,30)(H2,24,27,29,31)/t13?,14?,16?,19-/m0/s1. The van der Waals surface area contributed by atoms with Gasteiger partial charge in [0.2, 0.25) is 11.8 Å². The van der Waals surface area contributed by atoms with E-state index in [-0.39, 0.29) is 29.7 Å². The fourth-order valence-corrected chi connectivity index (χ4v) is 4.42. The first kappa shape index (κ1) is 22.0. The molecule has 4 rings (SSSR count). The highest BCUT2D eigenvalue weighted by molar-refractivity contribution is 5.99. The van der Waals surface area contributed by atoms with Crippen molar-refractivity contribution in [1.82, 2.24) is 20.8 Å². The van der Waals surface area contributed by atoms with Crippen molar-refractivity contribution in [2.75, 3.05) is 11.9 Å². The van der Waals surface area contributed by atoms with E-state index in [0.29, 0.717) is 12.4 Å². The van der Waals surface area contributed by atoms with E-state index in [4.69, 9.17) is 9.41 Å². The molecule has 170 valence electrons. The number of rotatable bonds is 7. The monoisotopic (exact) mass is 438 g/mol. The van der Waals surface area contributed by atoms with Crippen LogP contribution in [0.15, 0.2) is 33.7 Å². The molecule has 3 unspecified atom stereocenters. The zero-order valence-electron chi connectivity index (χ0n) is 18.7. The smallest absolute Gasteiger partial charge is 0.323 e. The number of para-hydroxylation sites is 1. The van der Waals surface area contributed by atoms with Gasteiger partial charge in [0.15, 0.2) is 0 Å². The lowest BCUT2D eigenvalue weighted by molar-refractivity contribution is -0.127. The van der Waals surface area contributed by atoms with Crippen molar-refractivity contribution in [3.05, 3.63) is 35.7 Å². The summed E-state index contributed by atoms with van der Waals surface area (Å²) in [6.07, 6.45) is 3.18. The Kier molecular flexibility index (Phi) is 6.53. The highest BCUT2D eigenvalue weighted by Gasteiger charge is 2.37. The van der Waals surface area contributed by atoms with Gasteiger partial charge >= 0.3 is 12.0 Å². The van der Waals surface area contributed by atoms with Crippen LogP contribution in [0.25, 0.3) is 0 Å². The summed E-state index contributed by atoms with van der Waals surface area (Å²) in [7, 11) is 0. The fraction of sp³-hybridized carbons (Fsp3) is 0.522. The Balaban J connectivity index is 1.45. The third-order valence-electron chi connectivity index (χ3n) is 6.39. The minimum Gasteiger partial charge on any atom is -0.405 e. The maximum atomic E-state index is 13.3. The van der Waals surface area contributed by atoms with Gasteiger partial charge in [-0.2, -0.15) is 0 Å². The van der Waals surface area contributed by atoms with Gasteiger partial charge in [0.1, 0.15) is 6.04 Å². The maximum Gasteiger partial charge on any atom is 0.323 e. The van der Waals surface area contributed by atoms with E-state index in [2.05, 4.69) is 32.2 Å². The molecule has 3 amide bonds. The molecular formula is C23H30N6O3. The summed E-state index contributed by atoms with van der Waals surface area (Å²) < 4.78 is 5.66. The van der Waals surface area contributed by atoms with Gasteiger partial charge in [-0.15, -0.1) is 5.10 Å². The average molecular weight is 439 g/mol. The molecule has 1 aliphatic heterocycles. The largest absolute Gasteiger partial charge is 0.405 e. The molecule has 3 N–H and O–H groups in total. The quantitative estimate of drug-likeness (QED) is 0.601. The van der Waals surface area contributed by atoms with E-state index in [1.807, 2.05) is 39.0 Å². The van der Waals surface area contributed by atoms with Crippen molar-refractivity contribution >= 4 is 29.4 Å². The summed E-state index contributed by atoms with van der Waals surface area (Å²) in [4.78, 5) is 29.7. The van der Waals surface area contributed by atoms with Crippen molar-refractivity contribution in [1.29, 1.82) is 0 Å². The number of anilines is 1. The third-order valence-corrected chi connectivity index (χ3v) is 6.39. The molecule has 1 aromatic heterocycles. The normalized spacial score (nSPS) is 21.0. The van der Waals surface area contributed by atoms with Crippen LogP contribution in [0, 0.1) is 11.8 Å². The van der Waals surface area contributed by atoms with Crippen LogP contribution in [0.3, 0.4) is 0 Å². The summed E-state index contributed by atoms with van der Waals surface area (Å²) >= 11 is 0. The topological polar surface area (TPSA) is 122 Å². The Labute approximate surface area is 187 Å². The van der Waals surface area contributed by atoms with Crippen molar-refractivity contribution in [2.24, 2.45) is 16.8 Å². The molecule has 2 aromatic rings. The minimum atomic E-state index is -0.421. The molecule has 0 radical (unpaired) electrons. The Hall–Kier alpha value is -3.23. The highest BCUT2D eigenvalue weighted by Crippen LogP contribution is 2.44. The molecule has 1 aliphatic carbocycles. The molecule has 9 heteroatoms. The Morgan fingerprint density at radius 2 is 2.03 bits per heavy atom. The van der Waals surface area contributed by atoms with Crippen molar-refractivity contribution < 1.29 is 14.0 Å². The lowest BCUT2D eigenvalue weighted by Crippen LogP contribution is -2.39. The number of hydrogen-bond acceptors (Lipinski definition) is 6. The lowest BCUT2D eigenvalue weighted by Gasteiger charge is -2.29. The Bertz CT molecular complexity index is 1020. The van der Waals surface area contributed by atoms with E-state index in [0.717, 1.165) is 31.4 Å². The maximum absolute atomic E-state index is 13.3. The first-order chi connectivity index (χ1) is 15.5. The number of aliphatic imine (C=N–C) groups is 1. The van der Waals surface area contributed by atoms with Crippen LogP contribution < -0.4 is 16.0 Å². The van der Waals surface area contributed by atoms with Crippen LogP contribution in [0.1, 0.15) is 69.9 Å². The second-order valence-corrected chi connectivity index (χ2v) is 8.49. The minimum absolute atomic E-state index is 0.00448. The number of carbonyl (C=O) groups is 2. The van der Waals surface area contributed by atoms with Gasteiger partial charge in [-0.25, -0.2) is 4.79 Å². The van der Waals surface area contributed by atoms with Gasteiger partial charge < -0.3 is 15.1 Å². The molecule has 32 heavy (non-hydrogen) atoms. The molecule has 9 nitrogen and oxygen atoms in total. The number of benzene rings is 1. The number of nitrogens with one attached hydrogen (secondary N) is 3. The number of hydrogen-bond donors (Lipinski definition) is 3. The van der Waals surface area contributed by atoms with Gasteiger partial charge in [-0.3, -0.25) is 15.1 Å². The summed E-state index contributed by atoms with van der Waals surface area (Å²) in [5.41, 5.74) is 3.44. The van der Waals surface area contributed by atoms with E-state index in [1.54, 1.807) is 0 Å². The Morgan fingerprint density at radius 3 is 2.81 bits per heavy atom. The average Bonchev–Trinajstić information content (AvgIpc) is 3.40. The summed E-state index contributed by atoms with van der Waals surface area (Å²) in [6.45, 7) is 6.38. The van der Waals surface area contributed by atoms with Gasteiger partial charge in [0.25, 0.3) is 0 Å². The second kappa shape index (κ2) is 9.50. The third kappa shape index (κ3) is 4.51. The van der Waals surface area contributed by atoms with Crippen LogP contribution in [0.4, 0.5) is 16.5 Å². The fourth-order valence-electron chi connectivity index (χ4n) is 4.42. The van der Waals surface area contributed by atoms with Crippen molar-refractivity contribution in [2.45, 2.75) is 58.4 Å². The molecule has 4 atom stereocenters. The number of nitrogens with zero attached hydrogens (tertiary/aromatic N) is 3. The number of fused-ring (bicyclic) bond motifs is 3. The lowest BCUT2D eigenvalue weighted by atomic mass is 9.77. The summed E-state index contributed by atoms with van der Waals surface area (Å²) in [5, 5.41) is 16.3. The molecule has 1 saturated carbocycles. The zero-order valence-corrected chi connectivity index (χ0v) is 18.7. The van der Waals surface area contributed by atoms with Crippen LogP contribution in [-0.2, 0) is 4.79 Å². The van der Waals surface area contributed by atoms with Crippen molar-refractivity contribution in [3.8, 4) is 0 Å². The van der Waals surface area contributed by atoms with E-state index < -0.39 is 12.1 Å². The van der Waals surface area contributed by atoms with Crippen LogP contribution in [0.2, 0.25) is 0 Å². The zero-order chi connectivity index (χ0) is 22.7. The molecular weight excluding hydrogens is 408 g/mol. The van der Waals surface area contributed by atoms with Gasteiger partial charge in [0.05, 0.1) is 5.69 Å². The molecule has 0 spiro atoms. The predicted octanol–water partition coefficient (Wildman–Crippen LogP) is 4.08. The number of aromatic nitrogens is 2. The molecule has 2 heterocycles. The molecule has 0 bridgehead atoms. The molecule has 1 aromatic carbocycles. The van der Waals surface area contributed by atoms with Gasteiger partial charge in [-0.1, -0.05) is 43.6 Å². The Morgan fingerprint density at radius 1 is 1.22 bits per heavy atom. The van der Waals surface area contributed by atoms with E-state index in [1.165, 1.54) is 11.3 Å². The van der Waals surface area contributed by atoms with Crippen LogP contribution in [-0.4, -0.2) is 34.4 Å². The SMILES string of the molecule is CCNC(=O)Nc1nnc([C@@H](NC(=O)C2CCC3=Nc4ccccc4C3C2)C(C)CC)o1. The van der Waals surface area contributed by atoms with Crippen molar-refractivity contribution in [3.63, 3.8) is 0 Å². The molecule has 2 aliphatic rings. The predicted molar refractivity (Wildman–Crippen MR) is 121 cm³/mol. The first-order valence-electron chi connectivity index (χ1n) is 11.3. The van der Waals surface area contributed by atoms with Gasteiger partial charge in [0, 0.05) is 24.1 Å². The van der Waals surface area contributed by atoms with Crippen LogP contribution in [0.5, 0.6) is 0 Å². The molecule has 1 fully saturated rings. The summed E-state index contributed by atoms with van der Waals surface area (Å²) in [5.74, 6) is 0.491. The van der Waals surface area contributed by atoms with E-state index >= 15 is 0 Å². The van der Waals surface area contributed by atoms with E-state index in [9.17, 15) is 9.59 Å².